The Morgan fingerprint density at radius 3 is 2.76 bits per heavy atom. The van der Waals surface area contributed by atoms with E-state index >= 15 is 0 Å². The molecule has 2 rings (SSSR count). The van der Waals surface area contributed by atoms with Gasteiger partial charge in [0.15, 0.2) is 0 Å². The Balaban J connectivity index is 2.10. The Labute approximate surface area is 112 Å². The summed E-state index contributed by atoms with van der Waals surface area (Å²) in [5, 5.41) is 5.30. The molecule has 0 N–H and O–H groups in total. The summed E-state index contributed by atoms with van der Waals surface area (Å²) in [4.78, 5) is 0. The van der Waals surface area contributed by atoms with E-state index in [1.165, 1.54) is 6.07 Å². The van der Waals surface area contributed by atoms with Crippen LogP contribution in [0.5, 0.6) is 0 Å². The molecule has 2 nitrogen and oxygen atoms in total. The molecule has 1 aromatic carbocycles. The molecule has 5 heteroatoms. The minimum absolute atomic E-state index is 0.175. The lowest BCUT2D eigenvalue weighted by Crippen LogP contribution is -1.93. The number of rotatable bonds is 3. The highest BCUT2D eigenvalue weighted by Gasteiger charge is 2.06. The molecule has 2 aromatic rings. The van der Waals surface area contributed by atoms with E-state index in [1.54, 1.807) is 17.8 Å². The van der Waals surface area contributed by atoms with Gasteiger partial charge in [0.2, 0.25) is 0 Å². The van der Waals surface area contributed by atoms with Crippen LogP contribution in [-0.2, 0) is 12.8 Å². The van der Waals surface area contributed by atoms with Crippen molar-refractivity contribution in [2.75, 3.05) is 0 Å². The molecule has 0 bridgehead atoms. The van der Waals surface area contributed by atoms with E-state index in [1.807, 2.05) is 30.8 Å². The molecule has 0 spiro atoms. The van der Waals surface area contributed by atoms with Gasteiger partial charge in [-0.05, 0) is 30.7 Å². The second-order valence-electron chi connectivity index (χ2n) is 3.77. The summed E-state index contributed by atoms with van der Waals surface area (Å²) in [7, 11) is 1.90. The second-order valence-corrected chi connectivity index (χ2v) is 5.68. The Bertz CT molecular complexity index is 539. The molecular weight excluding hydrogens is 303 g/mol. The van der Waals surface area contributed by atoms with Crippen molar-refractivity contribution in [2.45, 2.75) is 17.7 Å². The first-order valence-electron chi connectivity index (χ1n) is 5.13. The minimum atomic E-state index is -0.175. The van der Waals surface area contributed by atoms with Crippen molar-refractivity contribution < 1.29 is 4.39 Å². The third kappa shape index (κ3) is 3.10. The van der Waals surface area contributed by atoms with E-state index in [0.717, 1.165) is 15.2 Å². The average Bonchev–Trinajstić information content (AvgIpc) is 2.56. The summed E-state index contributed by atoms with van der Waals surface area (Å²) in [5.74, 6) is 0.434. The Morgan fingerprint density at radius 2 is 2.18 bits per heavy atom. The normalized spacial score (nSPS) is 10.8. The molecule has 0 aliphatic heterocycles. The van der Waals surface area contributed by atoms with E-state index in [4.69, 9.17) is 0 Å². The third-order valence-electron chi connectivity index (χ3n) is 2.35. The maximum atomic E-state index is 13.6. The van der Waals surface area contributed by atoms with Gasteiger partial charge < -0.3 is 0 Å². The van der Waals surface area contributed by atoms with Crippen LogP contribution in [0, 0.1) is 12.7 Å². The minimum Gasteiger partial charge on any atom is -0.262 e. The maximum Gasteiger partial charge on any atom is 0.128 e. The molecule has 90 valence electrons. The van der Waals surface area contributed by atoms with Crippen molar-refractivity contribution in [2.24, 2.45) is 7.05 Å². The number of aromatic nitrogens is 2. The van der Waals surface area contributed by atoms with Crippen LogP contribution in [0.25, 0.3) is 0 Å². The zero-order chi connectivity index (χ0) is 12.4. The lowest BCUT2D eigenvalue weighted by atomic mass is 10.2. The molecule has 0 atom stereocenters. The van der Waals surface area contributed by atoms with Gasteiger partial charge in [-0.15, -0.1) is 11.8 Å². The van der Waals surface area contributed by atoms with Crippen molar-refractivity contribution in [1.82, 2.24) is 9.78 Å². The summed E-state index contributed by atoms with van der Waals surface area (Å²) in [6.45, 7) is 1.95. The zero-order valence-corrected chi connectivity index (χ0v) is 12.0. The van der Waals surface area contributed by atoms with Crippen LogP contribution < -0.4 is 0 Å². The van der Waals surface area contributed by atoms with Crippen LogP contribution in [0.2, 0.25) is 0 Å². The highest BCUT2D eigenvalue weighted by Crippen LogP contribution is 2.25. The summed E-state index contributed by atoms with van der Waals surface area (Å²) >= 11 is 4.83. The Hall–Kier alpha value is -0.810. The van der Waals surface area contributed by atoms with E-state index < -0.39 is 0 Å². The first-order chi connectivity index (χ1) is 8.06. The number of thioether (sulfide) groups is 1. The van der Waals surface area contributed by atoms with Crippen LogP contribution in [0.15, 0.2) is 33.8 Å². The van der Waals surface area contributed by atoms with Gasteiger partial charge in [0.1, 0.15) is 5.82 Å². The monoisotopic (exact) mass is 314 g/mol. The predicted octanol–water partition coefficient (Wildman–Crippen LogP) is 3.92. The highest BCUT2D eigenvalue weighted by molar-refractivity contribution is 9.10. The van der Waals surface area contributed by atoms with E-state index in [-0.39, 0.29) is 5.82 Å². The summed E-state index contributed by atoms with van der Waals surface area (Å²) in [5.41, 5.74) is 1.68. The smallest absolute Gasteiger partial charge is 0.128 e. The van der Waals surface area contributed by atoms with Crippen LogP contribution in [-0.4, -0.2) is 9.78 Å². The molecule has 0 amide bonds. The summed E-state index contributed by atoms with van der Waals surface area (Å²) in [6.07, 6.45) is 0. The lowest BCUT2D eigenvalue weighted by molar-refractivity contribution is 0.616. The van der Waals surface area contributed by atoms with Crippen molar-refractivity contribution >= 4 is 27.7 Å². The van der Waals surface area contributed by atoms with E-state index in [9.17, 15) is 4.39 Å². The quantitative estimate of drug-likeness (QED) is 0.799. The number of halogens is 2. The fourth-order valence-electron chi connectivity index (χ4n) is 1.51. The van der Waals surface area contributed by atoms with Crippen LogP contribution in [0.4, 0.5) is 4.39 Å². The van der Waals surface area contributed by atoms with Gasteiger partial charge in [0, 0.05) is 17.3 Å². The van der Waals surface area contributed by atoms with Crippen molar-refractivity contribution in [3.8, 4) is 0 Å². The van der Waals surface area contributed by atoms with E-state index in [0.29, 0.717) is 11.3 Å². The topological polar surface area (TPSA) is 17.8 Å². The molecule has 0 unspecified atom stereocenters. The summed E-state index contributed by atoms with van der Waals surface area (Å²) in [6, 6.07) is 7.15. The largest absolute Gasteiger partial charge is 0.262 e. The van der Waals surface area contributed by atoms with Crippen LogP contribution >= 0.6 is 27.7 Å². The first kappa shape index (κ1) is 12.6. The van der Waals surface area contributed by atoms with Crippen molar-refractivity contribution in [3.05, 3.63) is 45.8 Å². The van der Waals surface area contributed by atoms with Gasteiger partial charge >= 0.3 is 0 Å². The predicted molar refractivity (Wildman–Crippen MR) is 71.6 cm³/mol. The van der Waals surface area contributed by atoms with Gasteiger partial charge in [0.25, 0.3) is 0 Å². The maximum absolute atomic E-state index is 13.6. The lowest BCUT2D eigenvalue weighted by Gasteiger charge is -2.04. The van der Waals surface area contributed by atoms with Crippen LogP contribution in [0.1, 0.15) is 11.3 Å². The average molecular weight is 315 g/mol. The molecule has 0 aliphatic carbocycles. The molecule has 0 saturated heterocycles. The van der Waals surface area contributed by atoms with E-state index in [2.05, 4.69) is 21.0 Å². The Morgan fingerprint density at radius 1 is 1.41 bits per heavy atom. The summed E-state index contributed by atoms with van der Waals surface area (Å²) < 4.78 is 16.2. The first-order valence-corrected chi connectivity index (χ1v) is 6.91. The highest BCUT2D eigenvalue weighted by atomic mass is 79.9. The molecule has 0 aliphatic rings. The fourth-order valence-corrected chi connectivity index (χ4v) is 2.86. The molecule has 1 heterocycles. The SMILES string of the molecule is Cc1cc(SCc2ccc(Br)cc2F)n(C)n1. The Kier molecular flexibility index (Phi) is 3.89. The molecule has 17 heavy (non-hydrogen) atoms. The van der Waals surface area contributed by atoms with Crippen molar-refractivity contribution in [3.63, 3.8) is 0 Å². The van der Waals surface area contributed by atoms with Gasteiger partial charge in [-0.1, -0.05) is 22.0 Å². The second kappa shape index (κ2) is 5.23. The number of hydrogen-bond donors (Lipinski definition) is 0. The van der Waals surface area contributed by atoms with Gasteiger partial charge in [-0.3, -0.25) is 4.68 Å². The number of aryl methyl sites for hydroxylation is 2. The zero-order valence-electron chi connectivity index (χ0n) is 9.58. The molecule has 0 saturated carbocycles. The number of hydrogen-bond acceptors (Lipinski definition) is 2. The third-order valence-corrected chi connectivity index (χ3v) is 3.98. The van der Waals surface area contributed by atoms with Gasteiger partial charge in [-0.2, -0.15) is 5.10 Å². The fraction of sp³-hybridized carbons (Fsp3) is 0.250. The standard InChI is InChI=1S/C12H12BrFN2S/c1-8-5-12(16(2)15-8)17-7-9-3-4-10(13)6-11(9)14/h3-6H,7H2,1-2H3. The molecular formula is C12H12BrFN2S. The molecule has 0 radical (unpaired) electrons. The van der Waals surface area contributed by atoms with Gasteiger partial charge in [-0.25, -0.2) is 4.39 Å². The number of benzene rings is 1. The molecule has 1 aromatic heterocycles. The van der Waals surface area contributed by atoms with Crippen LogP contribution in [0.3, 0.4) is 0 Å². The van der Waals surface area contributed by atoms with Crippen molar-refractivity contribution in [1.29, 1.82) is 0 Å². The van der Waals surface area contributed by atoms with Gasteiger partial charge in [0.05, 0.1) is 10.7 Å². The number of nitrogens with zero attached hydrogens (tertiary/aromatic N) is 2. The molecule has 0 fully saturated rings.